The van der Waals surface area contributed by atoms with Crippen LogP contribution < -0.4 is 16.2 Å². The fourth-order valence-corrected chi connectivity index (χ4v) is 5.87. The Morgan fingerprint density at radius 3 is 2.45 bits per heavy atom. The predicted molar refractivity (Wildman–Crippen MR) is 118 cm³/mol. The monoisotopic (exact) mass is 443 g/mol. The molecule has 0 radical (unpaired) electrons. The molecule has 0 saturated carbocycles. The number of nitrogens with one attached hydrogen (secondary N) is 3. The molecule has 1 aromatic heterocycles. The van der Waals surface area contributed by atoms with E-state index >= 15 is 0 Å². The third-order valence-corrected chi connectivity index (χ3v) is 8.07. The molecule has 0 bridgehead atoms. The lowest BCUT2D eigenvalue weighted by atomic mass is 9.93. The minimum absolute atomic E-state index is 0.00369. The van der Waals surface area contributed by atoms with Gasteiger partial charge in [0.25, 0.3) is 0 Å². The first kappa shape index (κ1) is 21.9. The zero-order valence-corrected chi connectivity index (χ0v) is 18.4. The van der Waals surface area contributed by atoms with E-state index in [9.17, 15) is 13.2 Å². The molecule has 1 amide bonds. The van der Waals surface area contributed by atoms with Crippen LogP contribution in [0.1, 0.15) is 36.9 Å². The average molecular weight is 444 g/mol. The maximum absolute atomic E-state index is 12.8. The second kappa shape index (κ2) is 9.44. The van der Waals surface area contributed by atoms with Crippen molar-refractivity contribution in [1.29, 1.82) is 0 Å². The molecular formula is C22H29N5O3S. The van der Waals surface area contributed by atoms with E-state index in [4.69, 9.17) is 0 Å². The summed E-state index contributed by atoms with van der Waals surface area (Å²) >= 11 is 0. The van der Waals surface area contributed by atoms with E-state index in [-0.39, 0.29) is 35.7 Å². The smallest absolute Gasteiger partial charge is 0.224 e. The van der Waals surface area contributed by atoms with Crippen molar-refractivity contribution in [3.05, 3.63) is 66.0 Å². The third kappa shape index (κ3) is 5.12. The van der Waals surface area contributed by atoms with Crippen molar-refractivity contribution in [2.45, 2.75) is 37.7 Å². The Bertz CT molecular complexity index is 979. The molecule has 2 aromatic rings. The maximum atomic E-state index is 12.8. The largest absolute Gasteiger partial charge is 0.339 e. The van der Waals surface area contributed by atoms with Gasteiger partial charge in [-0.15, -0.1) is 0 Å². The van der Waals surface area contributed by atoms with E-state index in [1.54, 1.807) is 12.4 Å². The van der Waals surface area contributed by atoms with Crippen molar-refractivity contribution in [3.63, 3.8) is 0 Å². The number of hydrazine groups is 1. The molecule has 166 valence electrons. The van der Waals surface area contributed by atoms with Gasteiger partial charge in [0.05, 0.1) is 18.0 Å². The van der Waals surface area contributed by atoms with E-state index in [1.165, 1.54) is 4.31 Å². The van der Waals surface area contributed by atoms with Crippen LogP contribution in [0.3, 0.4) is 0 Å². The summed E-state index contributed by atoms with van der Waals surface area (Å²) in [5.74, 6) is -0.0625. The summed E-state index contributed by atoms with van der Waals surface area (Å²) in [5.41, 5.74) is 8.32. The first-order valence-electron chi connectivity index (χ1n) is 10.7. The standard InChI is InChI=1S/C22H29N5O3S/c1-16-20(18-7-11-23-12-8-18)25-26-21(16)24-22(28)19-9-13-27(14-10-19)31(29,30)15-17-5-3-2-4-6-17/h2-8,11-12,16,19-21,25-26H,9-10,13-15H2,1H3,(H,24,28). The molecule has 2 saturated heterocycles. The van der Waals surface area contributed by atoms with Gasteiger partial charge >= 0.3 is 0 Å². The molecular weight excluding hydrogens is 414 g/mol. The van der Waals surface area contributed by atoms with Gasteiger partial charge in [-0.05, 0) is 36.1 Å². The Hall–Kier alpha value is -2.33. The maximum Gasteiger partial charge on any atom is 0.224 e. The number of nitrogens with zero attached hydrogens (tertiary/aromatic N) is 2. The van der Waals surface area contributed by atoms with Crippen molar-refractivity contribution in [3.8, 4) is 0 Å². The van der Waals surface area contributed by atoms with E-state index in [0.717, 1.165) is 11.1 Å². The Kier molecular flexibility index (Phi) is 6.66. The van der Waals surface area contributed by atoms with Crippen molar-refractivity contribution >= 4 is 15.9 Å². The summed E-state index contributed by atoms with van der Waals surface area (Å²) in [6.07, 6.45) is 4.39. The van der Waals surface area contributed by atoms with Gasteiger partial charge in [0, 0.05) is 37.3 Å². The van der Waals surface area contributed by atoms with Gasteiger partial charge in [0.2, 0.25) is 15.9 Å². The van der Waals surface area contributed by atoms with Crippen LogP contribution >= 0.6 is 0 Å². The lowest BCUT2D eigenvalue weighted by Gasteiger charge is -2.31. The number of hydrogen-bond acceptors (Lipinski definition) is 6. The average Bonchev–Trinajstić information content (AvgIpc) is 3.15. The second-order valence-electron chi connectivity index (χ2n) is 8.31. The molecule has 31 heavy (non-hydrogen) atoms. The molecule has 0 spiro atoms. The molecule has 0 aliphatic carbocycles. The highest BCUT2D eigenvalue weighted by molar-refractivity contribution is 7.88. The summed E-state index contributed by atoms with van der Waals surface area (Å²) in [5, 5.41) is 3.10. The van der Waals surface area contributed by atoms with Crippen LogP contribution in [-0.2, 0) is 20.6 Å². The van der Waals surface area contributed by atoms with Crippen LogP contribution in [-0.4, -0.2) is 42.9 Å². The molecule has 1 aromatic carbocycles. The minimum atomic E-state index is -3.38. The van der Waals surface area contributed by atoms with Gasteiger partial charge in [-0.25, -0.2) is 23.6 Å². The van der Waals surface area contributed by atoms with E-state index in [0.29, 0.717) is 25.9 Å². The minimum Gasteiger partial charge on any atom is -0.339 e. The molecule has 2 fully saturated rings. The van der Waals surface area contributed by atoms with Gasteiger partial charge in [-0.2, -0.15) is 0 Å². The van der Waals surface area contributed by atoms with Gasteiger partial charge in [0.1, 0.15) is 0 Å². The SMILES string of the molecule is CC1C(NC(=O)C2CCN(S(=O)(=O)Cc3ccccc3)CC2)NNC1c1ccncc1. The van der Waals surface area contributed by atoms with E-state index in [1.807, 2.05) is 42.5 Å². The van der Waals surface area contributed by atoms with Gasteiger partial charge in [-0.3, -0.25) is 9.78 Å². The van der Waals surface area contributed by atoms with Crippen molar-refractivity contribution in [2.24, 2.45) is 11.8 Å². The number of hydrogen-bond donors (Lipinski definition) is 3. The Morgan fingerprint density at radius 1 is 1.10 bits per heavy atom. The number of pyridine rings is 1. The summed E-state index contributed by atoms with van der Waals surface area (Å²) < 4.78 is 27.0. The topological polar surface area (TPSA) is 103 Å². The zero-order valence-electron chi connectivity index (χ0n) is 17.6. The quantitative estimate of drug-likeness (QED) is 0.626. The highest BCUT2D eigenvalue weighted by atomic mass is 32.2. The number of aromatic nitrogens is 1. The lowest BCUT2D eigenvalue weighted by Crippen LogP contribution is -2.50. The molecule has 4 rings (SSSR count). The molecule has 8 nitrogen and oxygen atoms in total. The highest BCUT2D eigenvalue weighted by Crippen LogP contribution is 2.28. The lowest BCUT2D eigenvalue weighted by molar-refractivity contribution is -0.127. The molecule has 2 aliphatic rings. The van der Waals surface area contributed by atoms with Crippen LogP contribution in [0, 0.1) is 11.8 Å². The van der Waals surface area contributed by atoms with Crippen LogP contribution in [0.2, 0.25) is 0 Å². The van der Waals surface area contributed by atoms with Crippen LogP contribution in [0.15, 0.2) is 54.9 Å². The summed E-state index contributed by atoms with van der Waals surface area (Å²) in [6.45, 7) is 2.83. The Labute approximate surface area is 183 Å². The van der Waals surface area contributed by atoms with Crippen molar-refractivity contribution in [2.75, 3.05) is 13.1 Å². The van der Waals surface area contributed by atoms with E-state index < -0.39 is 10.0 Å². The molecule has 3 atom stereocenters. The number of amides is 1. The van der Waals surface area contributed by atoms with Gasteiger partial charge < -0.3 is 5.32 Å². The van der Waals surface area contributed by atoms with Gasteiger partial charge in [-0.1, -0.05) is 37.3 Å². The van der Waals surface area contributed by atoms with E-state index in [2.05, 4.69) is 28.1 Å². The van der Waals surface area contributed by atoms with Crippen LogP contribution in [0.25, 0.3) is 0 Å². The first-order chi connectivity index (χ1) is 14.9. The number of benzene rings is 1. The molecule has 9 heteroatoms. The fraction of sp³-hybridized carbons (Fsp3) is 0.455. The van der Waals surface area contributed by atoms with Crippen molar-refractivity contribution in [1.82, 2.24) is 25.5 Å². The third-order valence-electron chi connectivity index (χ3n) is 6.22. The van der Waals surface area contributed by atoms with Gasteiger partial charge in [0.15, 0.2) is 0 Å². The molecule has 2 aliphatic heterocycles. The van der Waals surface area contributed by atoms with Crippen LogP contribution in [0.5, 0.6) is 0 Å². The Morgan fingerprint density at radius 2 is 1.77 bits per heavy atom. The number of piperidine rings is 1. The molecule has 3 unspecified atom stereocenters. The van der Waals surface area contributed by atoms with Crippen molar-refractivity contribution < 1.29 is 13.2 Å². The summed E-state index contributed by atoms with van der Waals surface area (Å²) in [6, 6.07) is 13.2. The second-order valence-corrected chi connectivity index (χ2v) is 10.3. The Balaban J connectivity index is 1.29. The number of carbonyl (C=O) groups is 1. The molecule has 3 heterocycles. The summed E-state index contributed by atoms with van der Waals surface area (Å²) in [4.78, 5) is 16.9. The van der Waals surface area contributed by atoms with Crippen LogP contribution in [0.4, 0.5) is 0 Å². The normalized spacial score (nSPS) is 25.4. The number of sulfonamides is 1. The first-order valence-corrected chi connectivity index (χ1v) is 12.3. The number of rotatable bonds is 6. The number of carbonyl (C=O) groups excluding carboxylic acids is 1. The summed E-state index contributed by atoms with van der Waals surface area (Å²) in [7, 11) is -3.38. The highest BCUT2D eigenvalue weighted by Gasteiger charge is 2.37. The molecule has 3 N–H and O–H groups in total. The predicted octanol–water partition coefficient (Wildman–Crippen LogP) is 1.55. The zero-order chi connectivity index (χ0) is 21.8. The fourth-order valence-electron chi connectivity index (χ4n) is 4.30.